The summed E-state index contributed by atoms with van der Waals surface area (Å²) in [6, 6.07) is 0. The molecule has 0 aromatic heterocycles. The van der Waals surface area contributed by atoms with Gasteiger partial charge in [0.05, 0.1) is 7.18 Å². The van der Waals surface area contributed by atoms with Crippen molar-refractivity contribution in [2.75, 3.05) is 27.3 Å². The van der Waals surface area contributed by atoms with Gasteiger partial charge in [0.1, 0.15) is 0 Å². The molecule has 1 heterocycles. The number of hydrogen-bond donors (Lipinski definition) is 0. The van der Waals surface area contributed by atoms with Gasteiger partial charge in [-0.25, -0.2) is 8.78 Å². The van der Waals surface area contributed by atoms with Crippen molar-refractivity contribution in [1.29, 1.82) is 0 Å². The molecule has 1 unspecified atom stereocenters. The fourth-order valence-corrected chi connectivity index (χ4v) is 1.13. The zero-order chi connectivity index (χ0) is 10.5. The first-order valence-electron chi connectivity index (χ1n) is 4.42. The molecule has 1 aliphatic heterocycles. The van der Waals surface area contributed by atoms with Crippen molar-refractivity contribution in [3.05, 3.63) is 0 Å². The van der Waals surface area contributed by atoms with Crippen LogP contribution < -0.4 is 0 Å². The SMILES string of the molecule is CCC1CCCOC1.CF.F.FCF. The summed E-state index contributed by atoms with van der Waals surface area (Å²) in [4.78, 5) is 0. The maximum Gasteiger partial charge on any atom is 0.229 e. The number of alkyl halides is 3. The topological polar surface area (TPSA) is 9.23 Å². The molecular weight excluding hydrogens is 200 g/mol. The summed E-state index contributed by atoms with van der Waals surface area (Å²) in [5.74, 6) is 0.865. The van der Waals surface area contributed by atoms with Crippen molar-refractivity contribution < 1.29 is 22.6 Å². The minimum absolute atomic E-state index is 0. The van der Waals surface area contributed by atoms with Gasteiger partial charge in [0.25, 0.3) is 0 Å². The number of hydrogen-bond acceptors (Lipinski definition) is 1. The summed E-state index contributed by atoms with van der Waals surface area (Å²) >= 11 is 0. The second-order valence-corrected chi connectivity index (χ2v) is 2.59. The Morgan fingerprint density at radius 1 is 1.29 bits per heavy atom. The average molecular weight is 220 g/mol. The van der Waals surface area contributed by atoms with E-state index in [-0.39, 0.29) is 4.70 Å². The molecular formula is C9H20F4O. The molecule has 0 aliphatic carbocycles. The summed E-state index contributed by atoms with van der Waals surface area (Å²) in [6.07, 6.45) is 3.95. The van der Waals surface area contributed by atoms with E-state index in [1.807, 2.05) is 0 Å². The molecule has 0 aromatic carbocycles. The molecule has 1 nitrogen and oxygen atoms in total. The van der Waals surface area contributed by atoms with Crippen LogP contribution in [-0.2, 0) is 4.74 Å². The predicted octanol–water partition coefficient (Wildman–Crippen LogP) is 3.44. The molecule has 90 valence electrons. The Hall–Kier alpha value is -0.320. The molecule has 1 rings (SSSR count). The van der Waals surface area contributed by atoms with Crippen LogP contribution in [0.15, 0.2) is 0 Å². The molecule has 0 aromatic rings. The summed E-state index contributed by atoms with van der Waals surface area (Å²) in [5.41, 5.74) is 0. The zero-order valence-corrected chi connectivity index (χ0v) is 8.77. The monoisotopic (exact) mass is 220 g/mol. The van der Waals surface area contributed by atoms with Crippen molar-refractivity contribution in [3.63, 3.8) is 0 Å². The zero-order valence-electron chi connectivity index (χ0n) is 8.77. The molecule has 5 heteroatoms. The van der Waals surface area contributed by atoms with E-state index in [1.54, 1.807) is 0 Å². The molecule has 0 amide bonds. The van der Waals surface area contributed by atoms with Crippen LogP contribution in [0.4, 0.5) is 17.9 Å². The Morgan fingerprint density at radius 2 is 1.79 bits per heavy atom. The smallest absolute Gasteiger partial charge is 0.229 e. The standard InChI is InChI=1S/C7H14O.CH2F2.CH3F.FH/c1-2-7-4-3-5-8-6-7;2-1-3;1-2;/h7H,2-6H2,1H3;1H2;1H3;1H. The minimum atomic E-state index is -1.75. The van der Waals surface area contributed by atoms with Gasteiger partial charge in [0.2, 0.25) is 6.93 Å². The quantitative estimate of drug-likeness (QED) is 0.615. The van der Waals surface area contributed by atoms with Gasteiger partial charge >= 0.3 is 0 Å². The highest BCUT2D eigenvalue weighted by Gasteiger charge is 2.09. The second kappa shape index (κ2) is 18.5. The molecule has 0 radical (unpaired) electrons. The van der Waals surface area contributed by atoms with Gasteiger partial charge in [-0.15, -0.1) is 0 Å². The first kappa shape index (κ1) is 19.3. The molecule has 1 aliphatic rings. The normalized spacial score (nSPS) is 19.1. The minimum Gasteiger partial charge on any atom is -0.381 e. The van der Waals surface area contributed by atoms with Crippen LogP contribution in [0.2, 0.25) is 0 Å². The number of halogens is 4. The maximum atomic E-state index is 9.62. The predicted molar refractivity (Wildman–Crippen MR) is 50.5 cm³/mol. The third-order valence-electron chi connectivity index (χ3n) is 1.83. The van der Waals surface area contributed by atoms with Gasteiger partial charge in [-0.2, -0.15) is 0 Å². The summed E-state index contributed by atoms with van der Waals surface area (Å²) in [6.45, 7) is 2.49. The van der Waals surface area contributed by atoms with Gasteiger partial charge < -0.3 is 4.74 Å². The lowest BCUT2D eigenvalue weighted by Gasteiger charge is -2.19. The Balaban J connectivity index is -0.000000176. The van der Waals surface area contributed by atoms with E-state index in [4.69, 9.17) is 4.74 Å². The van der Waals surface area contributed by atoms with Gasteiger partial charge in [0.15, 0.2) is 0 Å². The number of rotatable bonds is 1. The summed E-state index contributed by atoms with van der Waals surface area (Å²) in [5, 5.41) is 0. The van der Waals surface area contributed by atoms with E-state index >= 15 is 0 Å². The molecule has 14 heavy (non-hydrogen) atoms. The molecule has 0 bridgehead atoms. The van der Waals surface area contributed by atoms with E-state index in [9.17, 15) is 13.2 Å². The van der Waals surface area contributed by atoms with Crippen LogP contribution >= 0.6 is 0 Å². The largest absolute Gasteiger partial charge is 0.381 e. The fraction of sp³-hybridized carbons (Fsp3) is 1.00. The molecule has 1 saturated heterocycles. The third kappa shape index (κ3) is 14.2. The molecule has 0 spiro atoms. The third-order valence-corrected chi connectivity index (χ3v) is 1.83. The van der Waals surface area contributed by atoms with Crippen molar-refractivity contribution >= 4 is 0 Å². The van der Waals surface area contributed by atoms with E-state index in [1.165, 1.54) is 19.3 Å². The Morgan fingerprint density at radius 3 is 2.00 bits per heavy atom. The second-order valence-electron chi connectivity index (χ2n) is 2.59. The van der Waals surface area contributed by atoms with E-state index in [0.717, 1.165) is 19.1 Å². The summed E-state index contributed by atoms with van der Waals surface area (Å²) < 4.78 is 34.0. The average Bonchev–Trinajstić information content (AvgIpc) is 2.23. The maximum absolute atomic E-state index is 9.62. The van der Waals surface area contributed by atoms with Crippen LogP contribution in [0.25, 0.3) is 0 Å². The lowest BCUT2D eigenvalue weighted by molar-refractivity contribution is 0.0535. The Bertz CT molecular complexity index is 77.2. The van der Waals surface area contributed by atoms with Crippen molar-refractivity contribution in [2.24, 2.45) is 5.92 Å². The first-order chi connectivity index (χ1) is 6.35. The van der Waals surface area contributed by atoms with Crippen molar-refractivity contribution in [1.82, 2.24) is 0 Å². The fourth-order valence-electron chi connectivity index (χ4n) is 1.13. The van der Waals surface area contributed by atoms with Gasteiger partial charge in [-0.1, -0.05) is 13.3 Å². The molecule has 1 atom stereocenters. The van der Waals surface area contributed by atoms with Crippen LogP contribution in [0, 0.1) is 5.92 Å². The van der Waals surface area contributed by atoms with Crippen molar-refractivity contribution in [3.8, 4) is 0 Å². The van der Waals surface area contributed by atoms with E-state index in [0.29, 0.717) is 7.18 Å². The molecule has 0 N–H and O–H groups in total. The molecule has 1 fully saturated rings. The lowest BCUT2D eigenvalue weighted by atomic mass is 10.0. The Labute approximate surface area is 83.0 Å². The highest BCUT2D eigenvalue weighted by atomic mass is 19.3. The summed E-state index contributed by atoms with van der Waals surface area (Å²) in [7, 11) is 0.500. The van der Waals surface area contributed by atoms with Crippen LogP contribution in [0.3, 0.4) is 0 Å². The first-order valence-corrected chi connectivity index (χ1v) is 4.42. The number of ether oxygens (including phenoxy) is 1. The van der Waals surface area contributed by atoms with E-state index in [2.05, 4.69) is 6.92 Å². The highest BCUT2D eigenvalue weighted by molar-refractivity contribution is 4.59. The van der Waals surface area contributed by atoms with Crippen molar-refractivity contribution in [2.45, 2.75) is 26.2 Å². The highest BCUT2D eigenvalue weighted by Crippen LogP contribution is 2.15. The Kier molecular flexibility index (Phi) is 25.4. The van der Waals surface area contributed by atoms with Crippen LogP contribution in [-0.4, -0.2) is 27.3 Å². The van der Waals surface area contributed by atoms with Gasteiger partial charge in [-0.3, -0.25) is 9.09 Å². The lowest BCUT2D eigenvalue weighted by Crippen LogP contribution is -2.15. The van der Waals surface area contributed by atoms with Gasteiger partial charge in [0, 0.05) is 13.2 Å². The van der Waals surface area contributed by atoms with Crippen LogP contribution in [0.5, 0.6) is 0 Å². The van der Waals surface area contributed by atoms with Gasteiger partial charge in [-0.05, 0) is 18.8 Å². The van der Waals surface area contributed by atoms with E-state index < -0.39 is 6.93 Å². The van der Waals surface area contributed by atoms with Crippen LogP contribution in [0.1, 0.15) is 26.2 Å². The molecule has 0 saturated carbocycles.